The van der Waals surface area contributed by atoms with Crippen LogP contribution >= 0.6 is 0 Å². The number of rotatable bonds is 5. The number of primary sulfonamides is 1. The maximum absolute atomic E-state index is 11.4. The van der Waals surface area contributed by atoms with Crippen LogP contribution in [0.3, 0.4) is 0 Å². The Morgan fingerprint density at radius 3 is 2.46 bits per heavy atom. The standard InChI is InChI=1S/C18H17N7O2S/c1-25-18-15(11-22-25)17(23-16(24-18)13-6-8-20-9-7-13)21-10-12-2-4-14(5-3-12)28(19,26)27/h2-9,11H,10H2,1H3,(H2,19,26,27)(H,21,23,24). The third-order valence-corrected chi connectivity index (χ3v) is 5.17. The summed E-state index contributed by atoms with van der Waals surface area (Å²) in [5.74, 6) is 1.20. The zero-order valence-corrected chi connectivity index (χ0v) is 15.8. The van der Waals surface area contributed by atoms with E-state index in [0.29, 0.717) is 23.8 Å². The number of fused-ring (bicyclic) bond motifs is 1. The van der Waals surface area contributed by atoms with Gasteiger partial charge in [-0.2, -0.15) is 5.10 Å². The average molecular weight is 395 g/mol. The van der Waals surface area contributed by atoms with Crippen molar-refractivity contribution in [1.82, 2.24) is 24.7 Å². The van der Waals surface area contributed by atoms with Crippen LogP contribution in [-0.2, 0) is 23.6 Å². The Bertz CT molecular complexity index is 1240. The summed E-state index contributed by atoms with van der Waals surface area (Å²) < 4.78 is 24.4. The lowest BCUT2D eigenvalue weighted by Crippen LogP contribution is -2.12. The van der Waals surface area contributed by atoms with Crippen LogP contribution in [0.1, 0.15) is 5.56 Å². The third kappa shape index (κ3) is 3.55. The van der Waals surface area contributed by atoms with Crippen LogP contribution in [0.2, 0.25) is 0 Å². The number of pyridine rings is 1. The van der Waals surface area contributed by atoms with E-state index in [1.165, 1.54) is 12.1 Å². The van der Waals surface area contributed by atoms with Gasteiger partial charge in [-0.15, -0.1) is 0 Å². The summed E-state index contributed by atoms with van der Waals surface area (Å²) in [6.07, 6.45) is 5.08. The van der Waals surface area contributed by atoms with Gasteiger partial charge >= 0.3 is 0 Å². The van der Waals surface area contributed by atoms with E-state index in [0.717, 1.165) is 16.5 Å². The maximum atomic E-state index is 11.4. The van der Waals surface area contributed by atoms with Gasteiger partial charge in [-0.05, 0) is 29.8 Å². The lowest BCUT2D eigenvalue weighted by atomic mass is 10.2. The molecule has 0 spiro atoms. The van der Waals surface area contributed by atoms with E-state index in [1.807, 2.05) is 19.2 Å². The summed E-state index contributed by atoms with van der Waals surface area (Å²) in [6.45, 7) is 0.446. The minimum atomic E-state index is -3.71. The highest BCUT2D eigenvalue weighted by atomic mass is 32.2. The summed E-state index contributed by atoms with van der Waals surface area (Å²) >= 11 is 0. The molecule has 0 aliphatic heterocycles. The van der Waals surface area contributed by atoms with Crippen LogP contribution < -0.4 is 10.5 Å². The zero-order chi connectivity index (χ0) is 19.7. The first-order chi connectivity index (χ1) is 13.4. The van der Waals surface area contributed by atoms with Crippen molar-refractivity contribution in [3.05, 3.63) is 60.6 Å². The van der Waals surface area contributed by atoms with Gasteiger partial charge in [-0.1, -0.05) is 12.1 Å². The number of nitrogens with one attached hydrogen (secondary N) is 1. The largest absolute Gasteiger partial charge is 0.365 e. The number of benzene rings is 1. The molecule has 142 valence electrons. The number of hydrogen-bond acceptors (Lipinski definition) is 7. The Labute approximate surface area is 161 Å². The van der Waals surface area contributed by atoms with Crippen molar-refractivity contribution in [2.75, 3.05) is 5.32 Å². The van der Waals surface area contributed by atoms with Crippen molar-refractivity contribution >= 4 is 26.9 Å². The molecule has 0 saturated heterocycles. The highest BCUT2D eigenvalue weighted by molar-refractivity contribution is 7.89. The minimum absolute atomic E-state index is 0.0768. The summed E-state index contributed by atoms with van der Waals surface area (Å²) in [7, 11) is -1.89. The number of sulfonamides is 1. The van der Waals surface area contributed by atoms with Crippen LogP contribution in [0.15, 0.2) is 59.9 Å². The van der Waals surface area contributed by atoms with Crippen molar-refractivity contribution in [3.63, 3.8) is 0 Å². The molecule has 0 radical (unpaired) electrons. The molecule has 0 bridgehead atoms. The summed E-state index contributed by atoms with van der Waals surface area (Å²) in [5.41, 5.74) is 2.43. The smallest absolute Gasteiger partial charge is 0.238 e. The molecule has 0 unspecified atom stereocenters. The van der Waals surface area contributed by atoms with E-state index in [-0.39, 0.29) is 4.90 Å². The van der Waals surface area contributed by atoms with E-state index < -0.39 is 10.0 Å². The molecule has 3 N–H and O–H groups in total. The lowest BCUT2D eigenvalue weighted by molar-refractivity contribution is 0.598. The molecule has 0 aliphatic carbocycles. The Hall–Kier alpha value is -3.37. The quantitative estimate of drug-likeness (QED) is 0.526. The summed E-state index contributed by atoms with van der Waals surface area (Å²) in [5, 5.41) is 13.5. The second kappa shape index (κ2) is 6.98. The predicted molar refractivity (Wildman–Crippen MR) is 105 cm³/mol. The SMILES string of the molecule is Cn1ncc2c(NCc3ccc(S(N)(=O)=O)cc3)nc(-c3ccncc3)nc21. The zero-order valence-electron chi connectivity index (χ0n) is 14.9. The van der Waals surface area contributed by atoms with Gasteiger partial charge in [0.2, 0.25) is 10.0 Å². The van der Waals surface area contributed by atoms with Crippen molar-refractivity contribution < 1.29 is 8.42 Å². The third-order valence-electron chi connectivity index (χ3n) is 4.24. The van der Waals surface area contributed by atoms with Gasteiger partial charge in [0.1, 0.15) is 5.82 Å². The topological polar surface area (TPSA) is 129 Å². The fraction of sp³-hybridized carbons (Fsp3) is 0.111. The average Bonchev–Trinajstić information content (AvgIpc) is 3.07. The Kier molecular flexibility index (Phi) is 4.49. The van der Waals surface area contributed by atoms with Gasteiger partial charge in [0, 0.05) is 31.5 Å². The number of hydrogen-bond donors (Lipinski definition) is 2. The van der Waals surface area contributed by atoms with Crippen LogP contribution in [-0.4, -0.2) is 33.2 Å². The molecule has 3 aromatic heterocycles. The van der Waals surface area contributed by atoms with Crippen molar-refractivity contribution in [1.29, 1.82) is 0 Å². The molecule has 4 rings (SSSR count). The van der Waals surface area contributed by atoms with E-state index in [1.54, 1.807) is 35.4 Å². The molecule has 0 saturated carbocycles. The highest BCUT2D eigenvalue weighted by Crippen LogP contribution is 2.24. The van der Waals surface area contributed by atoms with Gasteiger partial charge in [0.25, 0.3) is 0 Å². The molecule has 10 heteroatoms. The van der Waals surface area contributed by atoms with Gasteiger partial charge < -0.3 is 5.32 Å². The predicted octanol–water partition coefficient (Wildman–Crippen LogP) is 1.68. The van der Waals surface area contributed by atoms with Crippen molar-refractivity contribution in [3.8, 4) is 11.4 Å². The first-order valence-electron chi connectivity index (χ1n) is 8.37. The molecular formula is C18H17N7O2S. The molecule has 0 aliphatic rings. The number of anilines is 1. The van der Waals surface area contributed by atoms with Crippen molar-refractivity contribution in [2.45, 2.75) is 11.4 Å². The number of nitrogens with two attached hydrogens (primary N) is 1. The molecule has 9 nitrogen and oxygen atoms in total. The molecule has 4 aromatic rings. The van der Waals surface area contributed by atoms with Crippen LogP contribution in [0, 0.1) is 0 Å². The second-order valence-electron chi connectivity index (χ2n) is 6.18. The summed E-state index contributed by atoms with van der Waals surface area (Å²) in [4.78, 5) is 13.3. The van der Waals surface area contributed by atoms with Gasteiger partial charge in [0.05, 0.1) is 16.5 Å². The Morgan fingerprint density at radius 1 is 1.07 bits per heavy atom. The normalized spacial score (nSPS) is 11.6. The number of nitrogens with zero attached hydrogens (tertiary/aromatic N) is 5. The van der Waals surface area contributed by atoms with E-state index in [4.69, 9.17) is 5.14 Å². The number of aryl methyl sites for hydroxylation is 1. The van der Waals surface area contributed by atoms with Gasteiger partial charge in [-0.25, -0.2) is 23.5 Å². The lowest BCUT2D eigenvalue weighted by Gasteiger charge is -2.10. The molecule has 0 fully saturated rings. The monoisotopic (exact) mass is 395 g/mol. The van der Waals surface area contributed by atoms with E-state index in [2.05, 4.69) is 25.4 Å². The van der Waals surface area contributed by atoms with E-state index >= 15 is 0 Å². The van der Waals surface area contributed by atoms with Gasteiger partial charge in [-0.3, -0.25) is 9.67 Å². The van der Waals surface area contributed by atoms with Crippen molar-refractivity contribution in [2.24, 2.45) is 12.2 Å². The minimum Gasteiger partial charge on any atom is -0.365 e. The van der Waals surface area contributed by atoms with Crippen LogP contribution in [0.25, 0.3) is 22.4 Å². The second-order valence-corrected chi connectivity index (χ2v) is 7.74. The fourth-order valence-corrected chi connectivity index (χ4v) is 3.29. The van der Waals surface area contributed by atoms with E-state index in [9.17, 15) is 8.42 Å². The molecular weight excluding hydrogens is 378 g/mol. The van der Waals surface area contributed by atoms with Crippen LogP contribution in [0.4, 0.5) is 5.82 Å². The molecule has 3 heterocycles. The summed E-state index contributed by atoms with van der Waals surface area (Å²) in [6, 6.07) is 10.1. The Morgan fingerprint density at radius 2 is 1.79 bits per heavy atom. The first-order valence-corrected chi connectivity index (χ1v) is 9.92. The molecule has 1 aromatic carbocycles. The molecule has 0 atom stereocenters. The fourth-order valence-electron chi connectivity index (χ4n) is 2.77. The first kappa shape index (κ1) is 18.0. The maximum Gasteiger partial charge on any atom is 0.238 e. The molecule has 0 amide bonds. The number of aromatic nitrogens is 5. The highest BCUT2D eigenvalue weighted by Gasteiger charge is 2.13. The van der Waals surface area contributed by atoms with Crippen LogP contribution in [0.5, 0.6) is 0 Å². The molecule has 28 heavy (non-hydrogen) atoms. The Balaban J connectivity index is 1.66. The van der Waals surface area contributed by atoms with Gasteiger partial charge in [0.15, 0.2) is 11.5 Å².